The van der Waals surface area contributed by atoms with Crippen molar-refractivity contribution in [3.05, 3.63) is 45.5 Å². The number of halogens is 1. The van der Waals surface area contributed by atoms with E-state index in [1.807, 2.05) is 0 Å². The highest BCUT2D eigenvalue weighted by molar-refractivity contribution is 6.30. The molecule has 0 unspecified atom stereocenters. The van der Waals surface area contributed by atoms with E-state index in [0.29, 0.717) is 29.8 Å². The summed E-state index contributed by atoms with van der Waals surface area (Å²) in [6.45, 7) is 1.34. The minimum absolute atomic E-state index is 0.124. The van der Waals surface area contributed by atoms with Crippen LogP contribution in [-0.4, -0.2) is 38.6 Å². The average Bonchev–Trinajstić information content (AvgIpc) is 2.38. The van der Waals surface area contributed by atoms with Gasteiger partial charge in [0.25, 0.3) is 5.56 Å². The van der Waals surface area contributed by atoms with Gasteiger partial charge < -0.3 is 5.11 Å². The van der Waals surface area contributed by atoms with E-state index in [9.17, 15) is 9.90 Å². The molecule has 1 saturated carbocycles. The Bertz CT molecular complexity index is 697. The number of hydrogen-bond donors (Lipinski definition) is 1. The molecule has 1 aliphatic carbocycles. The first-order chi connectivity index (χ1) is 10.2. The SMILES string of the molecule is O=c1cc(CN(CCO)C2CCC2)nc2ccc(Cl)cn12. The van der Waals surface area contributed by atoms with E-state index in [2.05, 4.69) is 9.88 Å². The van der Waals surface area contributed by atoms with Crippen molar-refractivity contribution in [2.45, 2.75) is 31.8 Å². The molecule has 0 amide bonds. The van der Waals surface area contributed by atoms with Crippen LogP contribution < -0.4 is 5.56 Å². The highest BCUT2D eigenvalue weighted by atomic mass is 35.5. The van der Waals surface area contributed by atoms with Crippen LogP contribution in [0.1, 0.15) is 25.0 Å². The summed E-state index contributed by atoms with van der Waals surface area (Å²) >= 11 is 5.90. The van der Waals surface area contributed by atoms with Crippen molar-refractivity contribution in [3.63, 3.8) is 0 Å². The minimum Gasteiger partial charge on any atom is -0.395 e. The standard InChI is InChI=1S/C15H18ClN3O2/c16-11-4-5-14-17-12(8-15(21)19(14)9-11)10-18(6-7-20)13-2-1-3-13/h4-5,8-9,13,20H,1-3,6-7,10H2. The van der Waals surface area contributed by atoms with Crippen molar-refractivity contribution in [3.8, 4) is 0 Å². The average molecular weight is 308 g/mol. The van der Waals surface area contributed by atoms with E-state index in [1.54, 1.807) is 24.4 Å². The predicted octanol–water partition coefficient (Wildman–Crippen LogP) is 1.69. The van der Waals surface area contributed by atoms with E-state index in [4.69, 9.17) is 11.6 Å². The monoisotopic (exact) mass is 307 g/mol. The number of nitrogens with zero attached hydrogens (tertiary/aromatic N) is 3. The van der Waals surface area contributed by atoms with Crippen LogP contribution in [0.25, 0.3) is 5.65 Å². The quantitative estimate of drug-likeness (QED) is 0.913. The lowest BCUT2D eigenvalue weighted by molar-refractivity contribution is 0.0934. The molecule has 112 valence electrons. The molecule has 1 N–H and O–H groups in total. The maximum atomic E-state index is 12.1. The molecule has 0 aliphatic heterocycles. The first-order valence-electron chi connectivity index (χ1n) is 7.20. The van der Waals surface area contributed by atoms with Gasteiger partial charge in [-0.2, -0.15) is 0 Å². The fourth-order valence-corrected chi connectivity index (χ4v) is 2.85. The largest absolute Gasteiger partial charge is 0.395 e. The highest BCUT2D eigenvalue weighted by Gasteiger charge is 2.25. The van der Waals surface area contributed by atoms with Gasteiger partial charge in [-0.25, -0.2) is 4.98 Å². The molecule has 21 heavy (non-hydrogen) atoms. The molecule has 3 rings (SSSR count). The van der Waals surface area contributed by atoms with Crippen LogP contribution in [-0.2, 0) is 6.54 Å². The zero-order valence-corrected chi connectivity index (χ0v) is 12.5. The van der Waals surface area contributed by atoms with Crippen molar-refractivity contribution < 1.29 is 5.11 Å². The molecule has 0 bridgehead atoms. The number of pyridine rings is 1. The van der Waals surface area contributed by atoms with E-state index >= 15 is 0 Å². The first kappa shape index (κ1) is 14.5. The summed E-state index contributed by atoms with van der Waals surface area (Å²) in [6, 6.07) is 5.52. The number of hydrogen-bond acceptors (Lipinski definition) is 4. The normalized spacial score (nSPS) is 15.6. The summed E-state index contributed by atoms with van der Waals surface area (Å²) in [4.78, 5) is 18.9. The molecule has 0 spiro atoms. The smallest absolute Gasteiger partial charge is 0.258 e. The molecule has 0 aromatic carbocycles. The number of aliphatic hydroxyl groups excluding tert-OH is 1. The lowest BCUT2D eigenvalue weighted by Crippen LogP contribution is -2.41. The number of aromatic nitrogens is 2. The Morgan fingerprint density at radius 1 is 1.43 bits per heavy atom. The van der Waals surface area contributed by atoms with Gasteiger partial charge in [0.2, 0.25) is 0 Å². The van der Waals surface area contributed by atoms with Gasteiger partial charge in [-0.1, -0.05) is 18.0 Å². The molecule has 2 heterocycles. The summed E-state index contributed by atoms with van der Waals surface area (Å²) in [6.07, 6.45) is 5.12. The molecule has 5 nitrogen and oxygen atoms in total. The predicted molar refractivity (Wildman–Crippen MR) is 81.6 cm³/mol. The zero-order valence-electron chi connectivity index (χ0n) is 11.7. The second kappa shape index (κ2) is 6.13. The van der Waals surface area contributed by atoms with Gasteiger partial charge in [-0.05, 0) is 25.0 Å². The van der Waals surface area contributed by atoms with Crippen LogP contribution in [0.4, 0.5) is 0 Å². The molecular weight excluding hydrogens is 290 g/mol. The fourth-order valence-electron chi connectivity index (χ4n) is 2.69. The van der Waals surface area contributed by atoms with E-state index in [1.165, 1.54) is 10.8 Å². The Hall–Kier alpha value is -1.43. The number of fused-ring (bicyclic) bond motifs is 1. The van der Waals surface area contributed by atoms with E-state index < -0.39 is 0 Å². The Labute approximate surface area is 127 Å². The molecule has 0 radical (unpaired) electrons. The summed E-state index contributed by atoms with van der Waals surface area (Å²) < 4.78 is 1.45. The van der Waals surface area contributed by atoms with Gasteiger partial charge in [-0.3, -0.25) is 14.1 Å². The van der Waals surface area contributed by atoms with Gasteiger partial charge >= 0.3 is 0 Å². The molecule has 1 aliphatic rings. The van der Waals surface area contributed by atoms with Gasteiger partial charge in [0.15, 0.2) is 0 Å². The number of rotatable bonds is 5. The lowest BCUT2D eigenvalue weighted by Gasteiger charge is -2.37. The highest BCUT2D eigenvalue weighted by Crippen LogP contribution is 2.25. The van der Waals surface area contributed by atoms with Crippen LogP contribution >= 0.6 is 11.6 Å². The van der Waals surface area contributed by atoms with E-state index in [-0.39, 0.29) is 12.2 Å². The van der Waals surface area contributed by atoms with Crippen molar-refractivity contribution >= 4 is 17.2 Å². The second-order valence-corrected chi connectivity index (χ2v) is 5.88. The molecule has 0 atom stereocenters. The second-order valence-electron chi connectivity index (χ2n) is 5.44. The van der Waals surface area contributed by atoms with Crippen molar-refractivity contribution in [1.29, 1.82) is 0 Å². The van der Waals surface area contributed by atoms with Gasteiger partial charge in [0, 0.05) is 31.4 Å². The molecule has 2 aromatic heterocycles. The minimum atomic E-state index is -0.130. The molecule has 2 aromatic rings. The Morgan fingerprint density at radius 3 is 2.90 bits per heavy atom. The third kappa shape index (κ3) is 3.10. The first-order valence-corrected chi connectivity index (χ1v) is 7.58. The van der Waals surface area contributed by atoms with Crippen molar-refractivity contribution in [1.82, 2.24) is 14.3 Å². The molecule has 6 heteroatoms. The van der Waals surface area contributed by atoms with Crippen LogP contribution in [0, 0.1) is 0 Å². The summed E-state index contributed by atoms with van der Waals surface area (Å²) in [7, 11) is 0. The van der Waals surface area contributed by atoms with Gasteiger partial charge in [0.1, 0.15) is 5.65 Å². The topological polar surface area (TPSA) is 57.8 Å². The van der Waals surface area contributed by atoms with Gasteiger partial charge in [0.05, 0.1) is 17.3 Å². The summed E-state index contributed by atoms with van der Waals surface area (Å²) in [5, 5.41) is 9.71. The van der Waals surface area contributed by atoms with Gasteiger partial charge in [-0.15, -0.1) is 0 Å². The Morgan fingerprint density at radius 2 is 2.24 bits per heavy atom. The molecule has 1 fully saturated rings. The third-order valence-corrected chi connectivity index (χ3v) is 4.24. The lowest BCUT2D eigenvalue weighted by atomic mass is 9.91. The summed E-state index contributed by atoms with van der Waals surface area (Å²) in [5.74, 6) is 0. The molecular formula is C15H18ClN3O2. The van der Waals surface area contributed by atoms with Crippen LogP contribution in [0.3, 0.4) is 0 Å². The van der Waals surface area contributed by atoms with Crippen molar-refractivity contribution in [2.75, 3.05) is 13.2 Å². The fraction of sp³-hybridized carbons (Fsp3) is 0.467. The summed E-state index contributed by atoms with van der Waals surface area (Å²) in [5.41, 5.74) is 1.21. The van der Waals surface area contributed by atoms with Crippen LogP contribution in [0.5, 0.6) is 0 Å². The number of aliphatic hydroxyl groups is 1. The van der Waals surface area contributed by atoms with E-state index in [0.717, 1.165) is 18.5 Å². The van der Waals surface area contributed by atoms with Crippen molar-refractivity contribution in [2.24, 2.45) is 0 Å². The third-order valence-electron chi connectivity index (χ3n) is 4.02. The maximum Gasteiger partial charge on any atom is 0.258 e. The zero-order chi connectivity index (χ0) is 14.8. The Kier molecular flexibility index (Phi) is 4.24. The molecule has 0 saturated heterocycles. The van der Waals surface area contributed by atoms with Crippen LogP contribution in [0.2, 0.25) is 5.02 Å². The Balaban J connectivity index is 1.89. The van der Waals surface area contributed by atoms with Crippen LogP contribution in [0.15, 0.2) is 29.2 Å². The maximum absolute atomic E-state index is 12.1.